The Morgan fingerprint density at radius 2 is 1.27 bits per heavy atom. The van der Waals surface area contributed by atoms with Gasteiger partial charge in [0.05, 0.1) is 0 Å². The average Bonchev–Trinajstić information content (AvgIpc) is 1.93. The van der Waals surface area contributed by atoms with E-state index < -0.39 is 0 Å². The van der Waals surface area contributed by atoms with Gasteiger partial charge in [0.25, 0.3) is 0 Å². The fourth-order valence-electron chi connectivity index (χ4n) is 0.898. The molecule has 0 unspecified atom stereocenters. The van der Waals surface area contributed by atoms with Crippen LogP contribution in [0.15, 0.2) is 0 Å². The summed E-state index contributed by atoms with van der Waals surface area (Å²) >= 11 is 5.30. The van der Waals surface area contributed by atoms with Crippen molar-refractivity contribution in [3.8, 4) is 0 Å². The first kappa shape index (κ1) is 18.8. The van der Waals surface area contributed by atoms with Crippen molar-refractivity contribution in [1.82, 2.24) is 0 Å². The Morgan fingerprint density at radius 3 is 1.36 bits per heavy atom. The van der Waals surface area contributed by atoms with Gasteiger partial charge in [-0.1, -0.05) is 19.3 Å². The largest absolute Gasteiger partial charge is 0.693 e. The molecule has 0 bridgehead atoms. The van der Waals surface area contributed by atoms with Crippen LogP contribution < -0.4 is 0 Å². The Balaban J connectivity index is -0.000000116. The third kappa shape index (κ3) is 18.8. The Kier molecular flexibility index (Phi) is 30.7. The monoisotopic (exact) mass is 564 g/mol. The summed E-state index contributed by atoms with van der Waals surface area (Å²) in [6.07, 6.45) is 9.50. The molecule has 11 heavy (non-hydrogen) atoms. The van der Waals surface area contributed by atoms with E-state index in [2.05, 4.69) is 45.1 Å². The molecule has 0 aromatic carbocycles. The minimum Gasteiger partial charge on any atom is -0.693 e. The van der Waals surface area contributed by atoms with Gasteiger partial charge >= 0.3 is 49.9 Å². The van der Waals surface area contributed by atoms with Crippen molar-refractivity contribution in [1.29, 1.82) is 0 Å². The molecule has 1 fully saturated rings. The van der Waals surface area contributed by atoms with Crippen molar-refractivity contribution in [2.24, 2.45) is 0 Å². The molecule has 0 atom stereocenters. The van der Waals surface area contributed by atoms with Crippen LogP contribution in [-0.2, 0) is 11.2 Å². The second-order valence-electron chi connectivity index (χ2n) is 1.97. The van der Waals surface area contributed by atoms with Gasteiger partial charge in [-0.05, 0) is 0 Å². The number of hydrogen-bond donors (Lipinski definition) is 0. The van der Waals surface area contributed by atoms with Gasteiger partial charge in [-0.3, -0.25) is 0 Å². The van der Waals surface area contributed by atoms with Crippen molar-refractivity contribution >= 4 is 38.7 Å². The third-order valence-corrected chi connectivity index (χ3v) is 1.32. The average molecular weight is 564 g/mol. The molecule has 4 N–H and O–H groups in total. The topological polar surface area (TPSA) is 67.0 Å². The zero-order chi connectivity index (χ0) is 6.95. The molecule has 0 radical (unpaired) electrons. The molecule has 1 rings (SSSR count). The SMILES string of the molecule is [CH-]1CCCCC1.[I][Pt][I].[NH2-].[NH2-]. The molecule has 0 aromatic heterocycles. The summed E-state index contributed by atoms with van der Waals surface area (Å²) in [6, 6.07) is 0. The summed E-state index contributed by atoms with van der Waals surface area (Å²) in [4.78, 5) is 0. The maximum atomic E-state index is 2.39. The van der Waals surface area contributed by atoms with E-state index in [0.29, 0.717) is 11.2 Å². The Morgan fingerprint density at radius 1 is 0.909 bits per heavy atom. The molecule has 0 aromatic rings. The maximum absolute atomic E-state index is 2.39. The first-order chi connectivity index (χ1) is 4.41. The van der Waals surface area contributed by atoms with Gasteiger partial charge < -0.3 is 18.7 Å². The van der Waals surface area contributed by atoms with Crippen molar-refractivity contribution in [3.63, 3.8) is 0 Å². The normalized spacial score (nSPS) is 15.1. The number of nitrogens with two attached hydrogens (primary N) is 2. The molecule has 0 aliphatic heterocycles. The van der Waals surface area contributed by atoms with Crippen LogP contribution in [0.4, 0.5) is 0 Å². The first-order valence-corrected chi connectivity index (χ1v) is 15.9. The first-order valence-electron chi connectivity index (χ1n) is 3.06. The van der Waals surface area contributed by atoms with Crippen LogP contribution in [0.5, 0.6) is 0 Å². The molecule has 1 aliphatic carbocycles. The summed E-state index contributed by atoms with van der Waals surface area (Å²) in [6.45, 7) is 0. The van der Waals surface area contributed by atoms with E-state index in [1.165, 1.54) is 32.1 Å². The fourth-order valence-corrected chi connectivity index (χ4v) is 0.898. The van der Waals surface area contributed by atoms with Gasteiger partial charge in [-0.2, -0.15) is 12.8 Å². The smallest absolute Gasteiger partial charge is 0.693 e. The summed E-state index contributed by atoms with van der Waals surface area (Å²) in [5, 5.41) is 0. The molecule has 0 amide bonds. The van der Waals surface area contributed by atoms with E-state index in [1.807, 2.05) is 0 Å². The Hall–Kier alpha value is 2.07. The van der Waals surface area contributed by atoms with Crippen LogP contribution in [0.25, 0.3) is 12.3 Å². The van der Waals surface area contributed by atoms with Crippen LogP contribution in [0.1, 0.15) is 32.1 Å². The van der Waals surface area contributed by atoms with Crippen LogP contribution in [0.2, 0.25) is 0 Å². The van der Waals surface area contributed by atoms with Gasteiger partial charge in [0, 0.05) is 0 Å². The van der Waals surface area contributed by atoms with E-state index in [-0.39, 0.29) is 12.3 Å². The molecule has 76 valence electrons. The van der Waals surface area contributed by atoms with Gasteiger partial charge in [0.2, 0.25) is 0 Å². The maximum Gasteiger partial charge on any atom is -0.693 e. The summed E-state index contributed by atoms with van der Waals surface area (Å²) in [5.41, 5.74) is 0. The van der Waals surface area contributed by atoms with Crippen molar-refractivity contribution in [2.45, 2.75) is 32.1 Å². The van der Waals surface area contributed by atoms with E-state index >= 15 is 0 Å². The Labute approximate surface area is 99.4 Å². The molecular weight excluding hydrogens is 549 g/mol. The Bertz CT molecular complexity index is 42.3. The second-order valence-corrected chi connectivity index (χ2v) is 18.6. The molecule has 0 saturated heterocycles. The molecule has 1 saturated carbocycles. The van der Waals surface area contributed by atoms with Crippen LogP contribution >= 0.6 is 38.7 Å². The zero-order valence-corrected chi connectivity index (χ0v) is 12.9. The molecule has 1 aliphatic rings. The number of hydrogen-bond acceptors (Lipinski definition) is 0. The van der Waals surface area contributed by atoms with E-state index in [9.17, 15) is 0 Å². The predicted octanol–water partition coefficient (Wildman–Crippen LogP) is 5.36. The van der Waals surface area contributed by atoms with Crippen LogP contribution in [-0.4, -0.2) is 0 Å². The minimum absolute atomic E-state index is 0. The summed E-state index contributed by atoms with van der Waals surface area (Å²) < 4.78 is 0. The van der Waals surface area contributed by atoms with Crippen molar-refractivity contribution < 1.29 is 11.2 Å². The van der Waals surface area contributed by atoms with E-state index in [0.717, 1.165) is 0 Å². The molecule has 0 heterocycles. The van der Waals surface area contributed by atoms with Gasteiger partial charge in [-0.15, -0.1) is 0 Å². The van der Waals surface area contributed by atoms with Crippen molar-refractivity contribution in [3.05, 3.63) is 18.7 Å². The predicted molar refractivity (Wildman–Crippen MR) is 66.0 cm³/mol. The van der Waals surface area contributed by atoms with Crippen LogP contribution in [0.3, 0.4) is 0 Å². The van der Waals surface area contributed by atoms with Gasteiger partial charge in [0.15, 0.2) is 0 Å². The summed E-state index contributed by atoms with van der Waals surface area (Å²) in [5.74, 6) is 0. The fraction of sp³-hybridized carbons (Fsp3) is 0.833. The van der Waals surface area contributed by atoms with Gasteiger partial charge in [0.1, 0.15) is 0 Å². The number of rotatable bonds is 0. The standard InChI is InChI=1S/C6H11.2HI.2H2N.Pt/c1-2-4-6-5-3-1;;;;;/h1H,2-6H2;2*1H;2*1H2;/q-1;;;2*-1;+2/p-2. The van der Waals surface area contributed by atoms with Crippen molar-refractivity contribution in [2.75, 3.05) is 0 Å². The third-order valence-electron chi connectivity index (χ3n) is 1.32. The second kappa shape index (κ2) is 18.0. The van der Waals surface area contributed by atoms with Gasteiger partial charge in [-0.25, -0.2) is 0 Å². The quantitative estimate of drug-likeness (QED) is 0.281. The number of halogens is 2. The zero-order valence-electron chi connectivity index (χ0n) is 6.34. The molecule has 2 nitrogen and oxygen atoms in total. The summed E-state index contributed by atoms with van der Waals surface area (Å²) in [7, 11) is 0. The molecule has 0 spiro atoms. The van der Waals surface area contributed by atoms with E-state index in [1.54, 1.807) is 0 Å². The minimum atomic E-state index is 0. The van der Waals surface area contributed by atoms with Crippen LogP contribution in [0, 0.1) is 6.42 Å². The molecular formula is C6H15I2N2Pt-3. The molecule has 5 heteroatoms. The van der Waals surface area contributed by atoms with E-state index in [4.69, 9.17) is 0 Å².